The van der Waals surface area contributed by atoms with Crippen molar-refractivity contribution < 1.29 is 0 Å². The second-order valence-electron chi connectivity index (χ2n) is 3.51. The van der Waals surface area contributed by atoms with E-state index < -0.39 is 0 Å². The molecule has 0 aliphatic carbocycles. The first kappa shape index (κ1) is 8.41. The van der Waals surface area contributed by atoms with Crippen molar-refractivity contribution in [1.29, 1.82) is 0 Å². The largest absolute Gasteiger partial charge is 0.317 e. The quantitative estimate of drug-likeness (QED) is 0.555. The van der Waals surface area contributed by atoms with E-state index in [1.807, 2.05) is 0 Å². The molecule has 1 heterocycles. The average molecular weight is 159 g/mol. The van der Waals surface area contributed by atoms with Gasteiger partial charge >= 0.3 is 0 Å². The molecule has 2 heteroatoms. The van der Waals surface area contributed by atoms with Crippen molar-refractivity contribution in [3.8, 4) is 0 Å². The van der Waals surface area contributed by atoms with Crippen LogP contribution in [0.4, 0.5) is 0 Å². The Morgan fingerprint density at radius 3 is 2.10 bits per heavy atom. The number of thiol groups is 1. The van der Waals surface area contributed by atoms with Crippen molar-refractivity contribution in [1.82, 2.24) is 5.32 Å². The van der Waals surface area contributed by atoms with E-state index in [2.05, 4.69) is 19.2 Å². The highest BCUT2D eigenvalue weighted by Crippen LogP contribution is 2.33. The summed E-state index contributed by atoms with van der Waals surface area (Å²) < 4.78 is 0.311. The second kappa shape index (κ2) is 3.14. The summed E-state index contributed by atoms with van der Waals surface area (Å²) in [5.74, 6) is 0.706. The summed E-state index contributed by atoms with van der Waals surface area (Å²) in [5, 5.41) is 3.35. The molecule has 1 fully saturated rings. The van der Waals surface area contributed by atoms with E-state index in [0.717, 1.165) is 13.1 Å². The Labute approximate surface area is 69.0 Å². The third-order valence-corrected chi connectivity index (χ3v) is 3.51. The summed E-state index contributed by atoms with van der Waals surface area (Å²) in [5.41, 5.74) is 0. The minimum atomic E-state index is 0.311. The van der Waals surface area contributed by atoms with Gasteiger partial charge in [0.15, 0.2) is 0 Å². The number of nitrogens with one attached hydrogen (secondary N) is 1. The fourth-order valence-corrected chi connectivity index (χ4v) is 1.66. The molecular weight excluding hydrogens is 142 g/mol. The lowest BCUT2D eigenvalue weighted by atomic mass is 9.86. The van der Waals surface area contributed by atoms with Gasteiger partial charge in [0.1, 0.15) is 0 Å². The molecule has 1 N–H and O–H groups in total. The van der Waals surface area contributed by atoms with Gasteiger partial charge in [-0.2, -0.15) is 12.6 Å². The molecule has 0 unspecified atom stereocenters. The predicted molar refractivity (Wildman–Crippen MR) is 48.7 cm³/mol. The SMILES string of the molecule is CC(C)C1(S)CCNCC1. The van der Waals surface area contributed by atoms with Crippen LogP contribution in [0.15, 0.2) is 0 Å². The first-order chi connectivity index (χ1) is 4.65. The van der Waals surface area contributed by atoms with Crippen LogP contribution in [0.5, 0.6) is 0 Å². The highest BCUT2D eigenvalue weighted by Gasteiger charge is 2.30. The van der Waals surface area contributed by atoms with Gasteiger partial charge in [-0.15, -0.1) is 0 Å². The maximum atomic E-state index is 4.70. The van der Waals surface area contributed by atoms with E-state index in [0.29, 0.717) is 10.7 Å². The molecule has 60 valence electrons. The van der Waals surface area contributed by atoms with Crippen molar-refractivity contribution in [3.05, 3.63) is 0 Å². The maximum absolute atomic E-state index is 4.70. The summed E-state index contributed by atoms with van der Waals surface area (Å²) in [4.78, 5) is 0. The summed E-state index contributed by atoms with van der Waals surface area (Å²) in [7, 11) is 0. The van der Waals surface area contributed by atoms with Gasteiger partial charge in [-0.05, 0) is 31.8 Å². The van der Waals surface area contributed by atoms with Gasteiger partial charge in [0.2, 0.25) is 0 Å². The Morgan fingerprint density at radius 1 is 1.30 bits per heavy atom. The third-order valence-electron chi connectivity index (χ3n) is 2.54. The van der Waals surface area contributed by atoms with Gasteiger partial charge in [0, 0.05) is 4.75 Å². The number of rotatable bonds is 1. The second-order valence-corrected chi connectivity index (χ2v) is 4.40. The number of hydrogen-bond acceptors (Lipinski definition) is 2. The monoisotopic (exact) mass is 159 g/mol. The molecule has 1 saturated heterocycles. The normalized spacial score (nSPS) is 25.2. The molecule has 1 rings (SSSR count). The lowest BCUT2D eigenvalue weighted by molar-refractivity contribution is 0.335. The van der Waals surface area contributed by atoms with Crippen molar-refractivity contribution in [2.45, 2.75) is 31.4 Å². The molecule has 0 saturated carbocycles. The van der Waals surface area contributed by atoms with Crippen LogP contribution in [-0.2, 0) is 0 Å². The van der Waals surface area contributed by atoms with Crippen LogP contribution in [0.3, 0.4) is 0 Å². The van der Waals surface area contributed by atoms with Crippen LogP contribution >= 0.6 is 12.6 Å². The molecule has 0 atom stereocenters. The fourth-order valence-electron chi connectivity index (χ4n) is 1.44. The zero-order valence-electron chi connectivity index (χ0n) is 6.85. The van der Waals surface area contributed by atoms with E-state index in [4.69, 9.17) is 12.6 Å². The molecule has 1 aliphatic rings. The Balaban J connectivity index is 2.48. The van der Waals surface area contributed by atoms with Crippen molar-refractivity contribution in [3.63, 3.8) is 0 Å². The van der Waals surface area contributed by atoms with Crippen molar-refractivity contribution in [2.75, 3.05) is 13.1 Å². The Morgan fingerprint density at radius 2 is 1.80 bits per heavy atom. The molecule has 0 aromatic carbocycles. The maximum Gasteiger partial charge on any atom is 0.0177 e. The molecule has 0 aromatic heterocycles. The van der Waals surface area contributed by atoms with E-state index >= 15 is 0 Å². The Hall–Kier alpha value is 0.310. The van der Waals surface area contributed by atoms with E-state index in [-0.39, 0.29) is 0 Å². The Bertz CT molecular complexity index is 106. The van der Waals surface area contributed by atoms with E-state index in [1.54, 1.807) is 0 Å². The first-order valence-corrected chi connectivity index (χ1v) is 4.53. The minimum Gasteiger partial charge on any atom is -0.317 e. The molecule has 0 spiro atoms. The van der Waals surface area contributed by atoms with Crippen molar-refractivity contribution in [2.24, 2.45) is 5.92 Å². The number of piperidine rings is 1. The fraction of sp³-hybridized carbons (Fsp3) is 1.00. The molecule has 0 amide bonds. The zero-order valence-corrected chi connectivity index (χ0v) is 7.75. The highest BCUT2D eigenvalue weighted by atomic mass is 32.1. The minimum absolute atomic E-state index is 0.311. The van der Waals surface area contributed by atoms with E-state index in [1.165, 1.54) is 12.8 Å². The lowest BCUT2D eigenvalue weighted by Gasteiger charge is -2.36. The van der Waals surface area contributed by atoms with Gasteiger partial charge in [-0.1, -0.05) is 13.8 Å². The highest BCUT2D eigenvalue weighted by molar-refractivity contribution is 7.81. The smallest absolute Gasteiger partial charge is 0.0177 e. The molecule has 0 radical (unpaired) electrons. The van der Waals surface area contributed by atoms with Gasteiger partial charge < -0.3 is 5.32 Å². The average Bonchev–Trinajstić information content (AvgIpc) is 1.89. The summed E-state index contributed by atoms with van der Waals surface area (Å²) >= 11 is 4.70. The molecule has 1 aliphatic heterocycles. The van der Waals surface area contributed by atoms with Crippen LogP contribution < -0.4 is 5.32 Å². The number of hydrogen-bond donors (Lipinski definition) is 2. The molecule has 1 nitrogen and oxygen atoms in total. The molecular formula is C8H17NS. The van der Waals surface area contributed by atoms with E-state index in [9.17, 15) is 0 Å². The summed E-state index contributed by atoms with van der Waals surface area (Å²) in [6.45, 7) is 6.81. The van der Waals surface area contributed by atoms with Crippen LogP contribution in [-0.4, -0.2) is 17.8 Å². The van der Waals surface area contributed by atoms with Crippen LogP contribution in [0, 0.1) is 5.92 Å². The van der Waals surface area contributed by atoms with Crippen LogP contribution in [0.1, 0.15) is 26.7 Å². The van der Waals surface area contributed by atoms with Gasteiger partial charge in [-0.3, -0.25) is 0 Å². The van der Waals surface area contributed by atoms with Gasteiger partial charge in [0.25, 0.3) is 0 Å². The van der Waals surface area contributed by atoms with Crippen molar-refractivity contribution >= 4 is 12.6 Å². The van der Waals surface area contributed by atoms with Crippen LogP contribution in [0.2, 0.25) is 0 Å². The van der Waals surface area contributed by atoms with Gasteiger partial charge in [-0.25, -0.2) is 0 Å². The standard InChI is InChI=1S/C8H17NS/c1-7(2)8(10)3-5-9-6-4-8/h7,9-10H,3-6H2,1-2H3. The molecule has 10 heavy (non-hydrogen) atoms. The van der Waals surface area contributed by atoms with Crippen LogP contribution in [0.25, 0.3) is 0 Å². The first-order valence-electron chi connectivity index (χ1n) is 4.08. The summed E-state index contributed by atoms with van der Waals surface area (Å²) in [6, 6.07) is 0. The third kappa shape index (κ3) is 1.67. The molecule has 0 aromatic rings. The summed E-state index contributed by atoms with van der Waals surface area (Å²) in [6.07, 6.45) is 2.43. The topological polar surface area (TPSA) is 12.0 Å². The Kier molecular flexibility index (Phi) is 2.64. The zero-order chi connectivity index (χ0) is 7.61. The lowest BCUT2D eigenvalue weighted by Crippen LogP contribution is -2.41. The molecule has 0 bridgehead atoms. The van der Waals surface area contributed by atoms with Gasteiger partial charge in [0.05, 0.1) is 0 Å². The predicted octanol–water partition coefficient (Wildman–Crippen LogP) is 1.69.